The van der Waals surface area contributed by atoms with E-state index in [0.29, 0.717) is 0 Å². The van der Waals surface area contributed by atoms with Crippen LogP contribution in [0.25, 0.3) is 0 Å². The molecule has 0 fully saturated rings. The molecule has 6 N–H and O–H groups in total. The number of halogens is 2. The van der Waals surface area contributed by atoms with E-state index in [1.807, 2.05) is 0 Å². The minimum Gasteiger partial charge on any atom is -0.368 e. The molecular formula is C10H10F2N6. The van der Waals surface area contributed by atoms with E-state index in [1.54, 1.807) is 0 Å². The maximum Gasteiger partial charge on any atom is 0.223 e. The van der Waals surface area contributed by atoms with Gasteiger partial charge in [0.2, 0.25) is 5.95 Å². The van der Waals surface area contributed by atoms with Gasteiger partial charge in [-0.05, 0) is 12.1 Å². The number of aromatic nitrogens is 2. The summed E-state index contributed by atoms with van der Waals surface area (Å²) in [6.07, 6.45) is 0. The van der Waals surface area contributed by atoms with Crippen LogP contribution >= 0.6 is 0 Å². The molecule has 1 aromatic heterocycles. The van der Waals surface area contributed by atoms with Gasteiger partial charge in [0.25, 0.3) is 0 Å². The van der Waals surface area contributed by atoms with Gasteiger partial charge in [-0.3, -0.25) is 0 Å². The van der Waals surface area contributed by atoms with Crippen LogP contribution in [-0.4, -0.2) is 9.97 Å². The van der Waals surface area contributed by atoms with Crippen LogP contribution in [0, 0.1) is 11.6 Å². The van der Waals surface area contributed by atoms with Gasteiger partial charge in [-0.1, -0.05) is 0 Å². The maximum absolute atomic E-state index is 13.4. The number of nitrogen functional groups attached to an aromatic ring is 2. The van der Waals surface area contributed by atoms with Crippen LogP contribution in [0.2, 0.25) is 0 Å². The summed E-state index contributed by atoms with van der Waals surface area (Å²) in [6, 6.07) is 4.43. The molecule has 8 heteroatoms. The van der Waals surface area contributed by atoms with Crippen LogP contribution in [0.5, 0.6) is 0 Å². The monoisotopic (exact) mass is 252 g/mol. The fourth-order valence-electron chi connectivity index (χ4n) is 1.34. The van der Waals surface area contributed by atoms with E-state index < -0.39 is 11.6 Å². The number of hydrogen-bond acceptors (Lipinski definition) is 6. The van der Waals surface area contributed by atoms with Crippen molar-refractivity contribution in [2.24, 2.45) is 5.84 Å². The lowest BCUT2D eigenvalue weighted by atomic mass is 10.3. The molecule has 0 aliphatic rings. The van der Waals surface area contributed by atoms with Gasteiger partial charge in [0.05, 0.1) is 5.69 Å². The number of hydrazine groups is 1. The largest absolute Gasteiger partial charge is 0.368 e. The van der Waals surface area contributed by atoms with Crippen LogP contribution < -0.4 is 22.3 Å². The number of rotatable bonds is 3. The van der Waals surface area contributed by atoms with Crippen LogP contribution in [-0.2, 0) is 0 Å². The Kier molecular flexibility index (Phi) is 3.20. The molecule has 18 heavy (non-hydrogen) atoms. The number of nitrogens with one attached hydrogen (secondary N) is 2. The molecule has 2 aromatic rings. The summed E-state index contributed by atoms with van der Waals surface area (Å²) >= 11 is 0. The lowest BCUT2D eigenvalue weighted by molar-refractivity contribution is 0.603. The van der Waals surface area contributed by atoms with Gasteiger partial charge < -0.3 is 16.5 Å². The molecule has 1 aromatic carbocycles. The van der Waals surface area contributed by atoms with Crippen molar-refractivity contribution in [3.8, 4) is 0 Å². The van der Waals surface area contributed by atoms with Gasteiger partial charge in [0.1, 0.15) is 23.3 Å². The molecule has 0 aliphatic heterocycles. The summed E-state index contributed by atoms with van der Waals surface area (Å²) in [7, 11) is 0. The Bertz CT molecular complexity index is 574. The smallest absolute Gasteiger partial charge is 0.223 e. The average Bonchev–Trinajstić information content (AvgIpc) is 2.33. The molecule has 0 aliphatic carbocycles. The molecule has 0 spiro atoms. The SMILES string of the molecule is NNc1cc(Nc2cc(F)ccc2F)nc(N)n1. The Balaban J connectivity index is 2.33. The van der Waals surface area contributed by atoms with Gasteiger partial charge in [-0.15, -0.1) is 0 Å². The number of nitrogens with two attached hydrogens (primary N) is 2. The molecule has 0 saturated heterocycles. The summed E-state index contributed by atoms with van der Waals surface area (Å²) in [6.45, 7) is 0. The molecule has 94 valence electrons. The zero-order valence-corrected chi connectivity index (χ0v) is 9.11. The van der Waals surface area contributed by atoms with E-state index in [-0.39, 0.29) is 23.3 Å². The third-order valence-electron chi connectivity index (χ3n) is 2.08. The predicted molar refractivity (Wildman–Crippen MR) is 63.9 cm³/mol. The van der Waals surface area contributed by atoms with E-state index in [1.165, 1.54) is 6.07 Å². The zero-order valence-electron chi connectivity index (χ0n) is 9.11. The van der Waals surface area contributed by atoms with Crippen molar-refractivity contribution in [2.75, 3.05) is 16.5 Å². The van der Waals surface area contributed by atoms with Crippen molar-refractivity contribution in [3.05, 3.63) is 35.9 Å². The first-order valence-electron chi connectivity index (χ1n) is 4.92. The number of nitrogens with zero attached hydrogens (tertiary/aromatic N) is 2. The maximum atomic E-state index is 13.4. The van der Waals surface area contributed by atoms with Crippen molar-refractivity contribution < 1.29 is 8.78 Å². The van der Waals surface area contributed by atoms with Crippen LogP contribution in [0.15, 0.2) is 24.3 Å². The summed E-state index contributed by atoms with van der Waals surface area (Å²) in [5.74, 6) is 4.39. The molecular weight excluding hydrogens is 242 g/mol. The highest BCUT2D eigenvalue weighted by molar-refractivity contribution is 5.61. The minimum absolute atomic E-state index is 0.0511. The van der Waals surface area contributed by atoms with Gasteiger partial charge >= 0.3 is 0 Å². The van der Waals surface area contributed by atoms with E-state index in [9.17, 15) is 8.78 Å². The second kappa shape index (κ2) is 4.80. The molecule has 0 bridgehead atoms. The third-order valence-corrected chi connectivity index (χ3v) is 2.08. The minimum atomic E-state index is -0.615. The zero-order chi connectivity index (χ0) is 13.1. The van der Waals surface area contributed by atoms with Gasteiger partial charge in [0, 0.05) is 12.1 Å². The van der Waals surface area contributed by atoms with Crippen LogP contribution in [0.4, 0.5) is 32.1 Å². The van der Waals surface area contributed by atoms with Crippen molar-refractivity contribution in [2.45, 2.75) is 0 Å². The van der Waals surface area contributed by atoms with E-state index in [4.69, 9.17) is 11.6 Å². The van der Waals surface area contributed by atoms with Crippen molar-refractivity contribution >= 4 is 23.3 Å². The van der Waals surface area contributed by atoms with Crippen LogP contribution in [0.3, 0.4) is 0 Å². The van der Waals surface area contributed by atoms with E-state index >= 15 is 0 Å². The molecule has 0 atom stereocenters. The number of anilines is 4. The second-order valence-electron chi connectivity index (χ2n) is 3.39. The summed E-state index contributed by atoms with van der Waals surface area (Å²) in [4.78, 5) is 7.58. The standard InChI is InChI=1S/C10H10F2N6/c11-5-1-2-6(12)7(3-5)15-8-4-9(18-14)17-10(13)16-8/h1-4H,14H2,(H4,13,15,16,17,18). The summed E-state index contributed by atoms with van der Waals surface area (Å²) in [5.41, 5.74) is 7.65. The predicted octanol–water partition coefficient (Wildman–Crippen LogP) is 1.37. The fourth-order valence-corrected chi connectivity index (χ4v) is 1.34. The third kappa shape index (κ3) is 2.61. The molecule has 2 rings (SSSR count). The highest BCUT2D eigenvalue weighted by atomic mass is 19.1. The first kappa shape index (κ1) is 12.0. The fraction of sp³-hybridized carbons (Fsp3) is 0. The van der Waals surface area contributed by atoms with Crippen molar-refractivity contribution in [3.63, 3.8) is 0 Å². The van der Waals surface area contributed by atoms with E-state index in [2.05, 4.69) is 20.7 Å². The number of benzene rings is 1. The Morgan fingerprint density at radius 1 is 1.06 bits per heavy atom. The van der Waals surface area contributed by atoms with Crippen molar-refractivity contribution in [1.82, 2.24) is 9.97 Å². The first-order chi connectivity index (χ1) is 8.58. The Labute approximate surface area is 101 Å². The first-order valence-corrected chi connectivity index (χ1v) is 4.92. The molecule has 0 amide bonds. The topological polar surface area (TPSA) is 102 Å². The lowest BCUT2D eigenvalue weighted by Gasteiger charge is -2.08. The Morgan fingerprint density at radius 2 is 1.78 bits per heavy atom. The van der Waals surface area contributed by atoms with Crippen LogP contribution in [0.1, 0.15) is 0 Å². The summed E-state index contributed by atoms with van der Waals surface area (Å²) < 4.78 is 26.4. The average molecular weight is 252 g/mol. The lowest BCUT2D eigenvalue weighted by Crippen LogP contribution is -2.11. The molecule has 0 saturated carbocycles. The Hall–Kier alpha value is -2.48. The second-order valence-corrected chi connectivity index (χ2v) is 3.39. The molecule has 1 heterocycles. The Morgan fingerprint density at radius 3 is 2.50 bits per heavy atom. The van der Waals surface area contributed by atoms with Crippen molar-refractivity contribution in [1.29, 1.82) is 0 Å². The quantitative estimate of drug-likeness (QED) is 0.486. The highest BCUT2D eigenvalue weighted by Crippen LogP contribution is 2.21. The molecule has 0 unspecified atom stereocenters. The highest BCUT2D eigenvalue weighted by Gasteiger charge is 2.07. The summed E-state index contributed by atoms with van der Waals surface area (Å²) in [5, 5.41) is 2.59. The van der Waals surface area contributed by atoms with E-state index in [0.717, 1.165) is 18.2 Å². The molecule has 0 radical (unpaired) electrons. The van der Waals surface area contributed by atoms with Gasteiger partial charge in [-0.25, -0.2) is 14.6 Å². The molecule has 6 nitrogen and oxygen atoms in total. The van der Waals surface area contributed by atoms with Gasteiger partial charge in [0.15, 0.2) is 0 Å². The normalized spacial score (nSPS) is 10.2. The number of hydrogen-bond donors (Lipinski definition) is 4. The van der Waals surface area contributed by atoms with Gasteiger partial charge in [-0.2, -0.15) is 9.97 Å².